The quantitative estimate of drug-likeness (QED) is 0.172. The van der Waals surface area contributed by atoms with Crippen molar-refractivity contribution in [3.63, 3.8) is 0 Å². The van der Waals surface area contributed by atoms with Crippen LogP contribution in [0.2, 0.25) is 0 Å². The standard InChI is InChI=1S/C39H33N3O4S/c1-4-45-38(44)34-35(28-10-6-5-7-11-28)41-39-42(36(34)29-18-16-27(17-19-29)25(2)3)37(43)33(47-39)22-26-14-20-32(21-15-26)46-24-31-13-9-8-12-30(31)23-40/h5-22,25,36H,4,24H2,1-3H3/b33-22-/t36-/m1/s1. The van der Waals surface area contributed by atoms with E-state index in [9.17, 15) is 14.9 Å². The summed E-state index contributed by atoms with van der Waals surface area (Å²) in [5.74, 6) is 0.471. The molecule has 1 aliphatic rings. The molecule has 1 atom stereocenters. The van der Waals surface area contributed by atoms with Crippen molar-refractivity contribution in [3.05, 3.63) is 162 Å². The monoisotopic (exact) mass is 639 g/mol. The summed E-state index contributed by atoms with van der Waals surface area (Å²) in [5.41, 5.74) is 5.51. The lowest BCUT2D eigenvalue weighted by atomic mass is 9.91. The summed E-state index contributed by atoms with van der Waals surface area (Å²) in [6.45, 7) is 6.48. The van der Waals surface area contributed by atoms with Gasteiger partial charge in [0.1, 0.15) is 12.4 Å². The molecule has 0 aliphatic carbocycles. The second kappa shape index (κ2) is 13.9. The first kappa shape index (κ1) is 31.5. The molecule has 4 aromatic carbocycles. The smallest absolute Gasteiger partial charge is 0.338 e. The molecule has 5 aromatic rings. The van der Waals surface area contributed by atoms with Crippen LogP contribution < -0.4 is 19.6 Å². The van der Waals surface area contributed by atoms with Gasteiger partial charge >= 0.3 is 5.97 Å². The molecular formula is C39H33N3O4S. The molecule has 0 radical (unpaired) electrons. The first-order valence-corrected chi connectivity index (χ1v) is 16.3. The zero-order valence-electron chi connectivity index (χ0n) is 26.3. The zero-order chi connectivity index (χ0) is 32.9. The largest absolute Gasteiger partial charge is 0.489 e. The lowest BCUT2D eigenvalue weighted by molar-refractivity contribution is -0.138. The number of fused-ring (bicyclic) bond motifs is 1. The number of ether oxygens (including phenoxy) is 2. The minimum absolute atomic E-state index is 0.193. The molecule has 234 valence electrons. The number of rotatable bonds is 9. The predicted molar refractivity (Wildman–Crippen MR) is 184 cm³/mol. The van der Waals surface area contributed by atoms with Gasteiger partial charge in [-0.25, -0.2) is 9.79 Å². The second-order valence-corrected chi connectivity index (χ2v) is 12.4. The summed E-state index contributed by atoms with van der Waals surface area (Å²) >= 11 is 1.28. The number of nitriles is 1. The number of nitrogens with zero attached hydrogens (tertiary/aromatic N) is 3. The van der Waals surface area contributed by atoms with Gasteiger partial charge in [0.2, 0.25) is 0 Å². The van der Waals surface area contributed by atoms with Crippen molar-refractivity contribution in [3.8, 4) is 11.8 Å². The van der Waals surface area contributed by atoms with Gasteiger partial charge in [-0.05, 0) is 53.8 Å². The minimum Gasteiger partial charge on any atom is -0.489 e. The van der Waals surface area contributed by atoms with Crippen molar-refractivity contribution >= 4 is 29.1 Å². The maximum absolute atomic E-state index is 14.2. The van der Waals surface area contributed by atoms with E-state index in [1.807, 2.05) is 103 Å². The van der Waals surface area contributed by atoms with Crippen molar-refractivity contribution < 1.29 is 14.3 Å². The van der Waals surface area contributed by atoms with Crippen molar-refractivity contribution in [1.82, 2.24) is 4.57 Å². The topological polar surface area (TPSA) is 93.7 Å². The molecule has 1 aromatic heterocycles. The second-order valence-electron chi connectivity index (χ2n) is 11.4. The van der Waals surface area contributed by atoms with Crippen LogP contribution in [0.5, 0.6) is 5.75 Å². The van der Waals surface area contributed by atoms with E-state index in [2.05, 4.69) is 19.9 Å². The Balaban J connectivity index is 1.43. The normalized spacial score (nSPS) is 14.4. The molecule has 0 fully saturated rings. The third-order valence-electron chi connectivity index (χ3n) is 8.00. The van der Waals surface area contributed by atoms with E-state index in [1.54, 1.807) is 17.6 Å². The van der Waals surface area contributed by atoms with Crippen LogP contribution >= 0.6 is 11.3 Å². The molecular weight excluding hydrogens is 607 g/mol. The molecule has 0 unspecified atom stereocenters. The Bertz CT molecular complexity index is 2170. The minimum atomic E-state index is -0.726. The lowest BCUT2D eigenvalue weighted by Gasteiger charge is -2.26. The van der Waals surface area contributed by atoms with Gasteiger partial charge in [-0.2, -0.15) is 5.26 Å². The van der Waals surface area contributed by atoms with Crippen LogP contribution in [0.25, 0.3) is 11.8 Å². The Morgan fingerprint density at radius 3 is 2.36 bits per heavy atom. The summed E-state index contributed by atoms with van der Waals surface area (Å²) < 4.78 is 13.6. The van der Waals surface area contributed by atoms with Gasteiger partial charge < -0.3 is 9.47 Å². The van der Waals surface area contributed by atoms with Crippen molar-refractivity contribution in [1.29, 1.82) is 5.26 Å². The molecule has 47 heavy (non-hydrogen) atoms. The Kier molecular flexibility index (Phi) is 9.28. The number of hydrogen-bond donors (Lipinski definition) is 0. The van der Waals surface area contributed by atoms with Crippen LogP contribution in [0.15, 0.2) is 118 Å². The first-order chi connectivity index (χ1) is 22.9. The summed E-state index contributed by atoms with van der Waals surface area (Å²) in [6, 6.07) is 33.8. The van der Waals surface area contributed by atoms with E-state index in [0.717, 1.165) is 27.8 Å². The summed E-state index contributed by atoms with van der Waals surface area (Å²) in [5, 5.41) is 9.36. The Morgan fingerprint density at radius 2 is 1.68 bits per heavy atom. The van der Waals surface area contributed by atoms with Gasteiger partial charge in [0.15, 0.2) is 4.80 Å². The highest BCUT2D eigenvalue weighted by Crippen LogP contribution is 2.35. The first-order valence-electron chi connectivity index (χ1n) is 15.5. The van der Waals surface area contributed by atoms with E-state index >= 15 is 0 Å². The number of benzene rings is 4. The van der Waals surface area contributed by atoms with E-state index in [4.69, 9.17) is 14.5 Å². The number of thiazole rings is 1. The Hall–Kier alpha value is -5.52. The summed E-state index contributed by atoms with van der Waals surface area (Å²) in [4.78, 5) is 33.3. The Morgan fingerprint density at radius 1 is 0.979 bits per heavy atom. The molecule has 2 heterocycles. The molecule has 8 heteroatoms. The maximum Gasteiger partial charge on any atom is 0.338 e. The lowest BCUT2D eigenvalue weighted by Crippen LogP contribution is -2.40. The van der Waals surface area contributed by atoms with Crippen LogP contribution in [-0.4, -0.2) is 17.1 Å². The van der Waals surface area contributed by atoms with E-state index in [0.29, 0.717) is 37.8 Å². The van der Waals surface area contributed by atoms with E-state index in [-0.39, 0.29) is 18.8 Å². The Labute approximate surface area is 277 Å². The van der Waals surface area contributed by atoms with Crippen LogP contribution in [0.3, 0.4) is 0 Å². The third-order valence-corrected chi connectivity index (χ3v) is 8.99. The van der Waals surface area contributed by atoms with Gasteiger partial charge in [-0.1, -0.05) is 110 Å². The molecule has 6 rings (SSSR count). The number of hydrogen-bond acceptors (Lipinski definition) is 7. The highest BCUT2D eigenvalue weighted by atomic mass is 32.1. The van der Waals surface area contributed by atoms with Crippen molar-refractivity contribution in [2.24, 2.45) is 4.99 Å². The number of carbonyl (C=O) groups is 1. The van der Waals surface area contributed by atoms with Crippen LogP contribution in [0, 0.1) is 11.3 Å². The SMILES string of the molecule is CCOC(=O)C1=C(c2ccccc2)N=c2s/c(=C\c3ccc(OCc4ccccc4C#N)cc3)c(=O)n2[C@@H]1c1ccc(C(C)C)cc1. The molecule has 0 amide bonds. The fraction of sp³-hybridized carbons (Fsp3) is 0.179. The van der Waals surface area contributed by atoms with Gasteiger partial charge in [0, 0.05) is 11.1 Å². The average molecular weight is 640 g/mol. The highest BCUT2D eigenvalue weighted by Gasteiger charge is 2.35. The number of esters is 1. The highest BCUT2D eigenvalue weighted by molar-refractivity contribution is 7.07. The maximum atomic E-state index is 14.2. The molecule has 0 saturated carbocycles. The number of aromatic nitrogens is 1. The molecule has 1 aliphatic heterocycles. The fourth-order valence-electron chi connectivity index (χ4n) is 5.55. The van der Waals surface area contributed by atoms with Crippen LogP contribution in [0.4, 0.5) is 0 Å². The van der Waals surface area contributed by atoms with E-state index < -0.39 is 12.0 Å². The van der Waals surface area contributed by atoms with E-state index in [1.165, 1.54) is 11.3 Å². The molecule has 0 spiro atoms. The predicted octanol–water partition coefficient (Wildman–Crippen LogP) is 6.51. The zero-order valence-corrected chi connectivity index (χ0v) is 27.2. The van der Waals surface area contributed by atoms with Gasteiger partial charge in [0.05, 0.1) is 40.1 Å². The van der Waals surface area contributed by atoms with Crippen LogP contribution in [0.1, 0.15) is 66.1 Å². The number of carbonyl (C=O) groups excluding carboxylic acids is 1. The molecule has 0 bridgehead atoms. The fourth-order valence-corrected chi connectivity index (χ4v) is 6.55. The van der Waals surface area contributed by atoms with Gasteiger partial charge in [-0.3, -0.25) is 9.36 Å². The molecule has 7 nitrogen and oxygen atoms in total. The summed E-state index contributed by atoms with van der Waals surface area (Å²) in [7, 11) is 0. The third kappa shape index (κ3) is 6.57. The summed E-state index contributed by atoms with van der Waals surface area (Å²) in [6.07, 6.45) is 1.83. The molecule has 0 N–H and O–H groups in total. The van der Waals surface area contributed by atoms with Crippen molar-refractivity contribution in [2.75, 3.05) is 6.61 Å². The molecule has 0 saturated heterocycles. The van der Waals surface area contributed by atoms with Crippen molar-refractivity contribution in [2.45, 2.75) is 39.3 Å². The van der Waals surface area contributed by atoms with Gasteiger partial charge in [0.25, 0.3) is 5.56 Å². The average Bonchev–Trinajstić information content (AvgIpc) is 3.41. The van der Waals surface area contributed by atoms with Gasteiger partial charge in [-0.15, -0.1) is 0 Å². The van der Waals surface area contributed by atoms with Crippen LogP contribution in [-0.2, 0) is 16.1 Å².